The Labute approximate surface area is 163 Å². The number of urea groups is 1. The van der Waals surface area contributed by atoms with E-state index in [1.54, 1.807) is 42.3 Å². The van der Waals surface area contributed by atoms with Crippen molar-refractivity contribution >= 4 is 17.6 Å². The summed E-state index contributed by atoms with van der Waals surface area (Å²) in [6, 6.07) is 8.60. The Hall–Kier alpha value is -3.00. The van der Waals surface area contributed by atoms with Crippen molar-refractivity contribution in [2.24, 2.45) is 0 Å². The fourth-order valence-electron chi connectivity index (χ4n) is 3.03. The molecule has 0 aliphatic carbocycles. The molecule has 3 amide bonds. The second kappa shape index (κ2) is 9.80. The highest BCUT2D eigenvalue weighted by Gasteiger charge is 2.25. The standard InChI is InChI=1S/C20H25N3O5/c1-26-12-13-28-18-4-2-16(3-5-18)21-20(25)22-17-6-9-23(10-7-17)19(24)15-8-11-27-14-15/h2-5,8,11,14,17H,6-7,9-10,12-13H2,1H3,(H2,21,22,25). The van der Waals surface area contributed by atoms with Crippen molar-refractivity contribution in [1.29, 1.82) is 0 Å². The Morgan fingerprint density at radius 3 is 2.54 bits per heavy atom. The summed E-state index contributed by atoms with van der Waals surface area (Å²) in [6.45, 7) is 2.20. The van der Waals surface area contributed by atoms with Crippen molar-refractivity contribution in [3.63, 3.8) is 0 Å². The van der Waals surface area contributed by atoms with Gasteiger partial charge in [-0.15, -0.1) is 0 Å². The van der Waals surface area contributed by atoms with Crippen LogP contribution in [0.4, 0.5) is 10.5 Å². The third kappa shape index (κ3) is 5.50. The maximum Gasteiger partial charge on any atom is 0.319 e. The summed E-state index contributed by atoms with van der Waals surface area (Å²) < 4.78 is 15.4. The Morgan fingerprint density at radius 1 is 1.14 bits per heavy atom. The average Bonchev–Trinajstić information content (AvgIpc) is 3.24. The molecule has 0 saturated carbocycles. The molecule has 0 spiro atoms. The maximum absolute atomic E-state index is 12.3. The van der Waals surface area contributed by atoms with Gasteiger partial charge in [-0.25, -0.2) is 4.79 Å². The van der Waals surface area contributed by atoms with Gasteiger partial charge in [0.05, 0.1) is 18.4 Å². The predicted octanol–water partition coefficient (Wildman–Crippen LogP) is 2.73. The molecule has 2 heterocycles. The van der Waals surface area contributed by atoms with Gasteiger partial charge in [-0.1, -0.05) is 0 Å². The molecule has 0 bridgehead atoms. The summed E-state index contributed by atoms with van der Waals surface area (Å²) in [4.78, 5) is 26.3. The first-order valence-corrected chi connectivity index (χ1v) is 9.26. The lowest BCUT2D eigenvalue weighted by Gasteiger charge is -2.32. The number of rotatable bonds is 7. The topological polar surface area (TPSA) is 93.0 Å². The Bertz CT molecular complexity index is 753. The van der Waals surface area contributed by atoms with Crippen LogP contribution < -0.4 is 15.4 Å². The fourth-order valence-corrected chi connectivity index (χ4v) is 3.03. The van der Waals surface area contributed by atoms with E-state index in [4.69, 9.17) is 13.9 Å². The molecule has 150 valence electrons. The lowest BCUT2D eigenvalue weighted by molar-refractivity contribution is 0.0708. The van der Waals surface area contributed by atoms with Crippen LogP contribution in [0, 0.1) is 0 Å². The molecule has 28 heavy (non-hydrogen) atoms. The van der Waals surface area contributed by atoms with Gasteiger partial charge in [-0.3, -0.25) is 4.79 Å². The van der Waals surface area contributed by atoms with Gasteiger partial charge in [0.15, 0.2) is 0 Å². The van der Waals surface area contributed by atoms with E-state index >= 15 is 0 Å². The normalized spacial score (nSPS) is 14.5. The molecule has 3 rings (SSSR count). The average molecular weight is 387 g/mol. The molecule has 1 aromatic heterocycles. The number of benzene rings is 1. The van der Waals surface area contributed by atoms with Crippen LogP contribution in [-0.4, -0.2) is 56.3 Å². The second-order valence-corrected chi connectivity index (χ2v) is 6.54. The number of hydrogen-bond acceptors (Lipinski definition) is 5. The first kappa shape index (κ1) is 19.8. The van der Waals surface area contributed by atoms with Crippen LogP contribution in [0.3, 0.4) is 0 Å². The smallest absolute Gasteiger partial charge is 0.319 e. The van der Waals surface area contributed by atoms with Crippen molar-refractivity contribution in [2.45, 2.75) is 18.9 Å². The van der Waals surface area contributed by atoms with Gasteiger partial charge in [-0.05, 0) is 43.2 Å². The maximum atomic E-state index is 12.3. The van der Waals surface area contributed by atoms with Gasteiger partial charge in [0, 0.05) is 31.9 Å². The zero-order valence-electron chi connectivity index (χ0n) is 15.8. The molecule has 1 fully saturated rings. The number of carbonyl (C=O) groups excluding carboxylic acids is 2. The number of hydrogen-bond donors (Lipinski definition) is 2. The summed E-state index contributed by atoms with van der Waals surface area (Å²) >= 11 is 0. The molecule has 2 N–H and O–H groups in total. The Kier molecular flexibility index (Phi) is 6.91. The molecule has 8 heteroatoms. The fraction of sp³-hybridized carbons (Fsp3) is 0.400. The largest absolute Gasteiger partial charge is 0.491 e. The SMILES string of the molecule is COCCOc1ccc(NC(=O)NC2CCN(C(=O)c3ccoc3)CC2)cc1. The molecular weight excluding hydrogens is 362 g/mol. The van der Waals surface area contributed by atoms with Crippen molar-refractivity contribution < 1.29 is 23.5 Å². The van der Waals surface area contributed by atoms with Crippen LogP contribution in [-0.2, 0) is 4.74 Å². The monoisotopic (exact) mass is 387 g/mol. The molecule has 1 aliphatic heterocycles. The van der Waals surface area contributed by atoms with Crippen molar-refractivity contribution in [2.75, 3.05) is 38.7 Å². The van der Waals surface area contributed by atoms with Crippen molar-refractivity contribution in [3.05, 3.63) is 48.4 Å². The highest BCUT2D eigenvalue weighted by atomic mass is 16.5. The molecule has 0 atom stereocenters. The van der Waals surface area contributed by atoms with Gasteiger partial charge in [-0.2, -0.15) is 0 Å². The first-order valence-electron chi connectivity index (χ1n) is 9.26. The zero-order valence-corrected chi connectivity index (χ0v) is 15.8. The number of likely N-dealkylation sites (tertiary alicyclic amines) is 1. The Morgan fingerprint density at radius 2 is 1.89 bits per heavy atom. The minimum absolute atomic E-state index is 0.0325. The number of furan rings is 1. The molecule has 0 unspecified atom stereocenters. The number of piperidine rings is 1. The predicted molar refractivity (Wildman–Crippen MR) is 104 cm³/mol. The van der Waals surface area contributed by atoms with E-state index in [-0.39, 0.29) is 18.0 Å². The van der Waals surface area contributed by atoms with Crippen LogP contribution in [0.5, 0.6) is 5.75 Å². The van der Waals surface area contributed by atoms with Crippen LogP contribution in [0.2, 0.25) is 0 Å². The molecular formula is C20H25N3O5. The third-order valence-corrected chi connectivity index (χ3v) is 4.55. The van der Waals surface area contributed by atoms with E-state index in [2.05, 4.69) is 10.6 Å². The molecule has 2 aromatic rings. The van der Waals surface area contributed by atoms with Crippen LogP contribution >= 0.6 is 0 Å². The summed E-state index contributed by atoms with van der Waals surface area (Å²) in [5.41, 5.74) is 1.24. The zero-order chi connectivity index (χ0) is 19.8. The van der Waals surface area contributed by atoms with Gasteiger partial charge in [0.2, 0.25) is 0 Å². The number of methoxy groups -OCH3 is 1. The van der Waals surface area contributed by atoms with Gasteiger partial charge in [0.1, 0.15) is 18.6 Å². The summed E-state index contributed by atoms with van der Waals surface area (Å²) in [6.07, 6.45) is 4.37. The summed E-state index contributed by atoms with van der Waals surface area (Å²) in [5.74, 6) is 0.683. The van der Waals surface area contributed by atoms with Gasteiger partial charge < -0.3 is 29.4 Å². The van der Waals surface area contributed by atoms with E-state index in [1.165, 1.54) is 12.5 Å². The van der Waals surface area contributed by atoms with Gasteiger partial charge in [0.25, 0.3) is 5.91 Å². The number of nitrogens with one attached hydrogen (secondary N) is 2. The second-order valence-electron chi connectivity index (χ2n) is 6.54. The summed E-state index contributed by atoms with van der Waals surface area (Å²) in [7, 11) is 1.62. The first-order chi connectivity index (χ1) is 13.7. The quantitative estimate of drug-likeness (QED) is 0.713. The highest BCUT2D eigenvalue weighted by Crippen LogP contribution is 2.17. The number of nitrogens with zero attached hydrogens (tertiary/aromatic N) is 1. The minimum Gasteiger partial charge on any atom is -0.491 e. The Balaban J connectivity index is 1.40. The van der Waals surface area contributed by atoms with Crippen molar-refractivity contribution in [3.8, 4) is 5.75 Å². The molecule has 1 aliphatic rings. The third-order valence-electron chi connectivity index (χ3n) is 4.55. The highest BCUT2D eigenvalue weighted by molar-refractivity contribution is 5.94. The molecule has 1 saturated heterocycles. The van der Waals surface area contributed by atoms with Gasteiger partial charge >= 0.3 is 6.03 Å². The molecule has 0 radical (unpaired) electrons. The van der Waals surface area contributed by atoms with E-state index < -0.39 is 0 Å². The van der Waals surface area contributed by atoms with Crippen molar-refractivity contribution in [1.82, 2.24) is 10.2 Å². The van der Waals surface area contributed by atoms with Crippen LogP contribution in [0.15, 0.2) is 47.3 Å². The minimum atomic E-state index is -0.257. The lowest BCUT2D eigenvalue weighted by Crippen LogP contribution is -2.47. The summed E-state index contributed by atoms with van der Waals surface area (Å²) in [5, 5.41) is 5.78. The number of carbonyl (C=O) groups is 2. The number of ether oxygens (including phenoxy) is 2. The van der Waals surface area contributed by atoms with E-state index in [9.17, 15) is 9.59 Å². The molecule has 8 nitrogen and oxygen atoms in total. The van der Waals surface area contributed by atoms with E-state index in [1.807, 2.05) is 0 Å². The van der Waals surface area contributed by atoms with Crippen LogP contribution in [0.25, 0.3) is 0 Å². The lowest BCUT2D eigenvalue weighted by atomic mass is 10.0. The van der Waals surface area contributed by atoms with E-state index in [0.717, 1.165) is 5.75 Å². The molecule has 1 aromatic carbocycles. The number of amides is 3. The van der Waals surface area contributed by atoms with Crippen LogP contribution in [0.1, 0.15) is 23.2 Å². The number of anilines is 1. The van der Waals surface area contributed by atoms with E-state index in [0.29, 0.717) is 50.4 Å².